The van der Waals surface area contributed by atoms with Crippen LogP contribution in [0.1, 0.15) is 30.5 Å². The van der Waals surface area contributed by atoms with Crippen molar-refractivity contribution < 1.29 is 4.74 Å². The van der Waals surface area contributed by atoms with Crippen LogP contribution >= 0.6 is 0 Å². The zero-order valence-corrected chi connectivity index (χ0v) is 13.9. The molecule has 0 spiro atoms. The van der Waals surface area contributed by atoms with Gasteiger partial charge in [0.15, 0.2) is 0 Å². The molecule has 1 N–H and O–H groups in total. The molecule has 24 heavy (non-hydrogen) atoms. The molecule has 0 radical (unpaired) electrons. The Morgan fingerprint density at radius 1 is 1.08 bits per heavy atom. The molecule has 0 bridgehead atoms. The average Bonchev–Trinajstić information content (AvgIpc) is 2.81. The average molecular weight is 326 g/mol. The predicted octanol–water partition coefficient (Wildman–Crippen LogP) is 1.84. The van der Waals surface area contributed by atoms with Gasteiger partial charge in [-0.05, 0) is 25.7 Å². The van der Waals surface area contributed by atoms with Gasteiger partial charge in [0.25, 0.3) is 0 Å². The maximum absolute atomic E-state index is 5.21. The van der Waals surface area contributed by atoms with E-state index in [1.54, 1.807) is 19.8 Å². The number of methoxy groups -OCH3 is 1. The fraction of sp³-hybridized carbons (Fsp3) is 0.529. The Morgan fingerprint density at radius 3 is 2.71 bits per heavy atom. The minimum atomic E-state index is 0.578. The lowest BCUT2D eigenvalue weighted by molar-refractivity contribution is 0.396. The number of rotatable bonds is 4. The van der Waals surface area contributed by atoms with E-state index in [9.17, 15) is 0 Å². The van der Waals surface area contributed by atoms with E-state index < -0.39 is 0 Å². The number of anilines is 2. The van der Waals surface area contributed by atoms with Crippen LogP contribution in [0.4, 0.5) is 11.6 Å². The van der Waals surface area contributed by atoms with Crippen LogP contribution in [0, 0.1) is 0 Å². The van der Waals surface area contributed by atoms with E-state index in [1.165, 1.54) is 24.8 Å². The SMILES string of the molecule is COc1cc(N2CCc3ncnc(NC4CCC4)c3CC2)ncn1. The summed E-state index contributed by atoms with van der Waals surface area (Å²) >= 11 is 0. The first kappa shape index (κ1) is 15.1. The Labute approximate surface area is 141 Å². The second-order valence-corrected chi connectivity index (χ2v) is 6.33. The summed E-state index contributed by atoms with van der Waals surface area (Å²) < 4.78 is 5.21. The highest BCUT2D eigenvalue weighted by molar-refractivity contribution is 5.50. The van der Waals surface area contributed by atoms with Gasteiger partial charge in [-0.25, -0.2) is 19.9 Å². The molecule has 2 aromatic rings. The Balaban J connectivity index is 1.53. The van der Waals surface area contributed by atoms with E-state index in [0.717, 1.165) is 43.3 Å². The van der Waals surface area contributed by atoms with Crippen molar-refractivity contribution in [2.45, 2.75) is 38.1 Å². The summed E-state index contributed by atoms with van der Waals surface area (Å²) in [7, 11) is 1.62. The summed E-state index contributed by atoms with van der Waals surface area (Å²) in [5.41, 5.74) is 2.41. The zero-order valence-electron chi connectivity index (χ0n) is 13.9. The van der Waals surface area contributed by atoms with Gasteiger partial charge < -0.3 is 15.0 Å². The first-order valence-corrected chi connectivity index (χ1v) is 8.54. The topological polar surface area (TPSA) is 76.1 Å². The number of aromatic nitrogens is 4. The standard InChI is InChI=1S/C17H22N6O/c1-24-16-9-15(19-11-20-16)23-7-5-13-14(6-8-23)18-10-21-17(13)22-12-3-2-4-12/h9-12H,2-8H2,1H3,(H,18,21,22). The van der Waals surface area contributed by atoms with Crippen molar-refractivity contribution in [3.63, 3.8) is 0 Å². The largest absolute Gasteiger partial charge is 0.481 e. The van der Waals surface area contributed by atoms with Crippen molar-refractivity contribution >= 4 is 11.6 Å². The smallest absolute Gasteiger partial charge is 0.218 e. The minimum absolute atomic E-state index is 0.578. The molecular weight excluding hydrogens is 304 g/mol. The summed E-state index contributed by atoms with van der Waals surface area (Å²) in [6.45, 7) is 1.77. The minimum Gasteiger partial charge on any atom is -0.481 e. The lowest BCUT2D eigenvalue weighted by Crippen LogP contribution is -2.28. The molecule has 126 valence electrons. The van der Waals surface area contributed by atoms with E-state index in [0.29, 0.717) is 11.9 Å². The molecule has 0 atom stereocenters. The molecule has 2 aromatic heterocycles. The molecule has 1 saturated carbocycles. The summed E-state index contributed by atoms with van der Waals surface area (Å²) in [6, 6.07) is 2.46. The van der Waals surface area contributed by atoms with Crippen molar-refractivity contribution in [1.82, 2.24) is 19.9 Å². The molecule has 3 heterocycles. The third kappa shape index (κ3) is 2.98. The molecule has 0 aromatic carbocycles. The number of nitrogens with zero attached hydrogens (tertiary/aromatic N) is 5. The van der Waals surface area contributed by atoms with Crippen LogP contribution in [0.15, 0.2) is 18.7 Å². The molecule has 7 nitrogen and oxygen atoms in total. The van der Waals surface area contributed by atoms with Crippen LogP contribution in [0.5, 0.6) is 5.88 Å². The number of fused-ring (bicyclic) bond motifs is 1. The van der Waals surface area contributed by atoms with Gasteiger partial charge in [0.05, 0.1) is 12.8 Å². The normalized spacial score (nSPS) is 17.6. The number of hydrogen-bond acceptors (Lipinski definition) is 7. The fourth-order valence-electron chi connectivity index (χ4n) is 3.24. The van der Waals surface area contributed by atoms with Crippen LogP contribution in [-0.2, 0) is 12.8 Å². The van der Waals surface area contributed by atoms with Gasteiger partial charge in [-0.1, -0.05) is 0 Å². The van der Waals surface area contributed by atoms with Gasteiger partial charge in [-0.3, -0.25) is 0 Å². The second kappa shape index (κ2) is 6.59. The Bertz CT molecular complexity index is 718. The summed E-state index contributed by atoms with van der Waals surface area (Å²) in [6.07, 6.45) is 8.84. The van der Waals surface area contributed by atoms with Gasteiger partial charge in [0.2, 0.25) is 5.88 Å². The molecule has 1 aliphatic heterocycles. The highest BCUT2D eigenvalue weighted by Crippen LogP contribution is 2.27. The van der Waals surface area contributed by atoms with Crippen molar-refractivity contribution in [2.24, 2.45) is 0 Å². The third-order valence-electron chi connectivity index (χ3n) is 4.89. The fourth-order valence-corrected chi connectivity index (χ4v) is 3.24. The van der Waals surface area contributed by atoms with Crippen LogP contribution in [0.3, 0.4) is 0 Å². The van der Waals surface area contributed by atoms with Crippen LogP contribution < -0.4 is 15.0 Å². The highest BCUT2D eigenvalue weighted by atomic mass is 16.5. The Hall–Kier alpha value is -2.44. The first-order chi connectivity index (χ1) is 11.8. The molecule has 0 saturated heterocycles. The van der Waals surface area contributed by atoms with Gasteiger partial charge in [0, 0.05) is 37.2 Å². The Morgan fingerprint density at radius 2 is 1.92 bits per heavy atom. The van der Waals surface area contributed by atoms with Crippen LogP contribution in [0.2, 0.25) is 0 Å². The van der Waals surface area contributed by atoms with E-state index in [-0.39, 0.29) is 0 Å². The van der Waals surface area contributed by atoms with Gasteiger partial charge in [-0.15, -0.1) is 0 Å². The summed E-state index contributed by atoms with van der Waals surface area (Å²) in [4.78, 5) is 19.8. The monoisotopic (exact) mass is 326 g/mol. The highest BCUT2D eigenvalue weighted by Gasteiger charge is 2.23. The van der Waals surface area contributed by atoms with Crippen molar-refractivity contribution in [1.29, 1.82) is 0 Å². The molecule has 0 amide bonds. The second-order valence-electron chi connectivity index (χ2n) is 6.33. The zero-order chi connectivity index (χ0) is 16.4. The van der Waals surface area contributed by atoms with Gasteiger partial charge in [0.1, 0.15) is 24.3 Å². The molecule has 1 aliphatic carbocycles. The molecule has 1 fully saturated rings. The molecule has 4 rings (SSSR count). The number of ether oxygens (including phenoxy) is 1. The number of nitrogens with one attached hydrogen (secondary N) is 1. The Kier molecular flexibility index (Phi) is 4.15. The van der Waals surface area contributed by atoms with E-state index in [2.05, 4.69) is 30.2 Å². The number of hydrogen-bond donors (Lipinski definition) is 1. The lowest BCUT2D eigenvalue weighted by atomic mass is 9.93. The summed E-state index contributed by atoms with van der Waals surface area (Å²) in [5, 5.41) is 3.59. The lowest BCUT2D eigenvalue weighted by Gasteiger charge is -2.28. The van der Waals surface area contributed by atoms with Gasteiger partial charge >= 0.3 is 0 Å². The quantitative estimate of drug-likeness (QED) is 0.918. The predicted molar refractivity (Wildman–Crippen MR) is 91.5 cm³/mol. The van der Waals surface area contributed by atoms with Crippen molar-refractivity contribution in [2.75, 3.05) is 30.4 Å². The summed E-state index contributed by atoms with van der Waals surface area (Å²) in [5.74, 6) is 2.51. The molecule has 2 aliphatic rings. The maximum Gasteiger partial charge on any atom is 0.218 e. The molecule has 7 heteroatoms. The van der Waals surface area contributed by atoms with E-state index in [4.69, 9.17) is 4.74 Å². The molecular formula is C17H22N6O. The molecule has 0 unspecified atom stereocenters. The van der Waals surface area contributed by atoms with Gasteiger partial charge in [-0.2, -0.15) is 0 Å². The third-order valence-corrected chi connectivity index (χ3v) is 4.89. The maximum atomic E-state index is 5.21. The van der Waals surface area contributed by atoms with Crippen LogP contribution in [-0.4, -0.2) is 46.2 Å². The first-order valence-electron chi connectivity index (χ1n) is 8.54. The van der Waals surface area contributed by atoms with Crippen molar-refractivity contribution in [3.8, 4) is 5.88 Å². The van der Waals surface area contributed by atoms with Crippen LogP contribution in [0.25, 0.3) is 0 Å². The van der Waals surface area contributed by atoms with E-state index >= 15 is 0 Å². The van der Waals surface area contributed by atoms with Crippen molar-refractivity contribution in [3.05, 3.63) is 30.0 Å². The van der Waals surface area contributed by atoms with E-state index in [1.807, 2.05) is 6.07 Å².